The van der Waals surface area contributed by atoms with Gasteiger partial charge < -0.3 is 14.7 Å². The number of piperazine rings is 1. The number of allylic oxidation sites excluding steroid dienone is 1. The second-order valence-electron chi connectivity index (χ2n) is 9.03. The molecule has 0 radical (unpaired) electrons. The van der Waals surface area contributed by atoms with Crippen molar-refractivity contribution in [1.82, 2.24) is 9.80 Å². The quantitative estimate of drug-likeness (QED) is 0.542. The SMILES string of the molecule is CCN1CCN(Cc2c(O)cc(C)c3c2O/C(=C\c2ccc(-c4ccccc4)cc2)C3=O)CC1. The van der Waals surface area contributed by atoms with Gasteiger partial charge in [-0.3, -0.25) is 9.69 Å². The van der Waals surface area contributed by atoms with Crippen LogP contribution in [-0.2, 0) is 6.54 Å². The van der Waals surface area contributed by atoms with Crippen molar-refractivity contribution in [2.24, 2.45) is 0 Å². The minimum atomic E-state index is -0.128. The first kappa shape index (κ1) is 22.4. The van der Waals surface area contributed by atoms with Gasteiger partial charge in [0.25, 0.3) is 0 Å². The van der Waals surface area contributed by atoms with E-state index in [4.69, 9.17) is 4.74 Å². The predicted octanol–water partition coefficient (Wildman–Crippen LogP) is 5.12. The van der Waals surface area contributed by atoms with E-state index in [2.05, 4.69) is 28.9 Å². The number of phenols is 1. The fourth-order valence-corrected chi connectivity index (χ4v) is 4.77. The lowest BCUT2D eigenvalue weighted by molar-refractivity contribution is 0.101. The predicted molar refractivity (Wildman–Crippen MR) is 135 cm³/mol. The monoisotopic (exact) mass is 454 g/mol. The van der Waals surface area contributed by atoms with Crippen LogP contribution < -0.4 is 4.74 Å². The number of Topliss-reactive ketones (excluding diaryl/α,β-unsaturated/α-hetero) is 1. The van der Waals surface area contributed by atoms with Gasteiger partial charge in [-0.05, 0) is 47.9 Å². The number of ketones is 1. The van der Waals surface area contributed by atoms with Gasteiger partial charge in [0, 0.05) is 32.7 Å². The minimum absolute atomic E-state index is 0.128. The molecule has 3 aromatic rings. The van der Waals surface area contributed by atoms with Crippen molar-refractivity contribution in [3.05, 3.63) is 88.7 Å². The Morgan fingerprint density at radius 3 is 2.26 bits per heavy atom. The number of likely N-dealkylation sites (N-methyl/N-ethyl adjacent to an activating group) is 1. The Morgan fingerprint density at radius 2 is 1.59 bits per heavy atom. The Morgan fingerprint density at radius 1 is 0.941 bits per heavy atom. The van der Waals surface area contributed by atoms with Crippen LogP contribution in [0.4, 0.5) is 0 Å². The van der Waals surface area contributed by atoms with Crippen molar-refractivity contribution in [2.75, 3.05) is 32.7 Å². The Hall–Kier alpha value is -3.41. The summed E-state index contributed by atoms with van der Waals surface area (Å²) < 4.78 is 6.13. The Labute approximate surface area is 200 Å². The number of fused-ring (bicyclic) bond motifs is 1. The van der Waals surface area contributed by atoms with Gasteiger partial charge in [0.15, 0.2) is 5.76 Å². The molecule has 0 aliphatic carbocycles. The number of ether oxygens (including phenoxy) is 1. The maximum Gasteiger partial charge on any atom is 0.232 e. The molecule has 2 aliphatic rings. The Balaban J connectivity index is 1.40. The number of carbonyl (C=O) groups is 1. The molecule has 2 heterocycles. The third-order valence-corrected chi connectivity index (χ3v) is 6.83. The fraction of sp³-hybridized carbons (Fsp3) is 0.276. The number of carbonyl (C=O) groups excluding carboxylic acids is 1. The largest absolute Gasteiger partial charge is 0.507 e. The number of hydrogen-bond donors (Lipinski definition) is 1. The van der Waals surface area contributed by atoms with Crippen molar-refractivity contribution in [3.63, 3.8) is 0 Å². The highest BCUT2D eigenvalue weighted by Gasteiger charge is 2.34. The number of rotatable bonds is 5. The number of hydrogen-bond acceptors (Lipinski definition) is 5. The second-order valence-corrected chi connectivity index (χ2v) is 9.03. The first-order valence-electron chi connectivity index (χ1n) is 11.9. The normalized spacial score (nSPS) is 17.7. The van der Waals surface area contributed by atoms with E-state index in [1.54, 1.807) is 12.1 Å². The average molecular weight is 455 g/mol. The lowest BCUT2D eigenvalue weighted by atomic mass is 9.98. The number of nitrogens with zero attached hydrogens (tertiary/aromatic N) is 2. The Kier molecular flexibility index (Phi) is 6.22. The van der Waals surface area contributed by atoms with Gasteiger partial charge in [0.05, 0.1) is 11.1 Å². The van der Waals surface area contributed by atoms with Crippen LogP contribution in [0.25, 0.3) is 17.2 Å². The van der Waals surface area contributed by atoms with Crippen LogP contribution in [0.5, 0.6) is 11.5 Å². The van der Waals surface area contributed by atoms with E-state index in [9.17, 15) is 9.90 Å². The summed E-state index contributed by atoms with van der Waals surface area (Å²) in [5.41, 5.74) is 5.16. The van der Waals surface area contributed by atoms with Gasteiger partial charge in [-0.15, -0.1) is 0 Å². The van der Waals surface area contributed by atoms with Crippen LogP contribution in [0.1, 0.15) is 34.0 Å². The molecule has 3 aromatic carbocycles. The van der Waals surface area contributed by atoms with E-state index < -0.39 is 0 Å². The van der Waals surface area contributed by atoms with Crippen molar-refractivity contribution < 1.29 is 14.6 Å². The second kappa shape index (κ2) is 9.45. The third-order valence-electron chi connectivity index (χ3n) is 6.83. The third kappa shape index (κ3) is 4.37. The van der Waals surface area contributed by atoms with Crippen molar-refractivity contribution >= 4 is 11.9 Å². The summed E-state index contributed by atoms with van der Waals surface area (Å²) >= 11 is 0. The molecular formula is C29H30N2O3. The zero-order valence-corrected chi connectivity index (χ0v) is 19.8. The Bertz CT molecular complexity index is 1220. The van der Waals surface area contributed by atoms with Crippen LogP contribution in [0.3, 0.4) is 0 Å². The molecule has 5 nitrogen and oxygen atoms in total. The van der Waals surface area contributed by atoms with Gasteiger partial charge in [0.2, 0.25) is 5.78 Å². The van der Waals surface area contributed by atoms with E-state index in [0.717, 1.165) is 55.0 Å². The highest BCUT2D eigenvalue weighted by molar-refractivity contribution is 6.15. The smallest absolute Gasteiger partial charge is 0.232 e. The number of aromatic hydroxyl groups is 1. The first-order chi connectivity index (χ1) is 16.5. The summed E-state index contributed by atoms with van der Waals surface area (Å²) in [6.45, 7) is 9.53. The summed E-state index contributed by atoms with van der Waals surface area (Å²) in [4.78, 5) is 18.0. The van der Waals surface area contributed by atoms with Crippen LogP contribution in [0, 0.1) is 6.92 Å². The van der Waals surface area contributed by atoms with Crippen LogP contribution in [0.15, 0.2) is 66.4 Å². The molecule has 5 heteroatoms. The molecule has 2 aliphatic heterocycles. The van der Waals surface area contributed by atoms with Gasteiger partial charge in [0.1, 0.15) is 11.5 Å². The molecule has 0 unspecified atom stereocenters. The van der Waals surface area contributed by atoms with Gasteiger partial charge in [-0.1, -0.05) is 61.5 Å². The van der Waals surface area contributed by atoms with Gasteiger partial charge >= 0.3 is 0 Å². The molecule has 0 spiro atoms. The standard InChI is InChI=1S/C29H30N2O3/c1-3-30-13-15-31(16-14-30)19-24-25(32)17-20(2)27-28(33)26(34-29(24)27)18-21-9-11-23(12-10-21)22-7-5-4-6-8-22/h4-12,17-18,32H,3,13-16,19H2,1-2H3/b26-18-. The molecule has 0 aromatic heterocycles. The maximum absolute atomic E-state index is 13.3. The molecule has 1 saturated heterocycles. The summed E-state index contributed by atoms with van der Waals surface area (Å²) in [7, 11) is 0. The van der Waals surface area contributed by atoms with Gasteiger partial charge in [-0.2, -0.15) is 0 Å². The molecule has 1 fully saturated rings. The lowest BCUT2D eigenvalue weighted by Crippen LogP contribution is -2.45. The molecule has 1 N–H and O–H groups in total. The van der Waals surface area contributed by atoms with E-state index in [-0.39, 0.29) is 11.5 Å². The van der Waals surface area contributed by atoms with Crippen LogP contribution in [-0.4, -0.2) is 53.4 Å². The zero-order valence-electron chi connectivity index (χ0n) is 19.8. The van der Waals surface area contributed by atoms with Crippen molar-refractivity contribution in [1.29, 1.82) is 0 Å². The molecular weight excluding hydrogens is 424 g/mol. The van der Waals surface area contributed by atoms with E-state index in [1.807, 2.05) is 49.4 Å². The number of aryl methyl sites for hydroxylation is 1. The molecule has 34 heavy (non-hydrogen) atoms. The molecule has 0 atom stereocenters. The van der Waals surface area contributed by atoms with Crippen LogP contribution >= 0.6 is 0 Å². The molecule has 174 valence electrons. The highest BCUT2D eigenvalue weighted by Crippen LogP contribution is 2.42. The highest BCUT2D eigenvalue weighted by atomic mass is 16.5. The summed E-state index contributed by atoms with van der Waals surface area (Å²) in [5, 5.41) is 10.7. The van der Waals surface area contributed by atoms with Gasteiger partial charge in [-0.25, -0.2) is 0 Å². The summed E-state index contributed by atoms with van der Waals surface area (Å²) in [5.74, 6) is 0.868. The molecule has 0 amide bonds. The summed E-state index contributed by atoms with van der Waals surface area (Å²) in [6, 6.07) is 20.0. The van der Waals surface area contributed by atoms with Crippen molar-refractivity contribution in [2.45, 2.75) is 20.4 Å². The van der Waals surface area contributed by atoms with Crippen molar-refractivity contribution in [3.8, 4) is 22.6 Å². The lowest BCUT2D eigenvalue weighted by Gasteiger charge is -2.34. The maximum atomic E-state index is 13.3. The zero-order chi connectivity index (χ0) is 23.7. The minimum Gasteiger partial charge on any atom is -0.507 e. The number of benzene rings is 3. The fourth-order valence-electron chi connectivity index (χ4n) is 4.77. The van der Waals surface area contributed by atoms with Crippen LogP contribution in [0.2, 0.25) is 0 Å². The molecule has 0 bridgehead atoms. The molecule has 0 saturated carbocycles. The van der Waals surface area contributed by atoms with E-state index >= 15 is 0 Å². The molecule has 5 rings (SSSR count). The first-order valence-corrected chi connectivity index (χ1v) is 11.9. The summed E-state index contributed by atoms with van der Waals surface area (Å²) in [6.07, 6.45) is 1.79. The average Bonchev–Trinajstić information content (AvgIpc) is 3.19. The topological polar surface area (TPSA) is 53.0 Å². The van der Waals surface area contributed by atoms with E-state index in [0.29, 0.717) is 29.2 Å². The van der Waals surface area contributed by atoms with E-state index in [1.165, 1.54) is 0 Å². The number of phenolic OH excluding ortho intramolecular Hbond substituents is 1.